The number of carboxylic acids is 1. The van der Waals surface area contributed by atoms with Crippen molar-refractivity contribution in [3.05, 3.63) is 78.4 Å². The molecule has 5 nitrogen and oxygen atoms in total. The molecule has 0 spiro atoms. The molecular formula is C22H23N3O2. The average Bonchev–Trinajstić information content (AvgIpc) is 3.21. The minimum atomic E-state index is -0.829. The van der Waals surface area contributed by atoms with E-state index >= 15 is 0 Å². The van der Waals surface area contributed by atoms with E-state index in [-0.39, 0.29) is 5.92 Å². The number of imidazole rings is 1. The van der Waals surface area contributed by atoms with Crippen LogP contribution in [0.25, 0.3) is 0 Å². The van der Waals surface area contributed by atoms with Gasteiger partial charge in [0.05, 0.1) is 18.8 Å². The van der Waals surface area contributed by atoms with Crippen molar-refractivity contribution < 1.29 is 9.90 Å². The van der Waals surface area contributed by atoms with Gasteiger partial charge in [-0.1, -0.05) is 60.4 Å². The van der Waals surface area contributed by atoms with Crippen molar-refractivity contribution in [3.8, 4) is 11.8 Å². The van der Waals surface area contributed by atoms with Gasteiger partial charge in [0.2, 0.25) is 0 Å². The zero-order valence-electron chi connectivity index (χ0n) is 15.1. The summed E-state index contributed by atoms with van der Waals surface area (Å²) < 4.78 is 2.04. The Morgan fingerprint density at radius 2 is 2.15 bits per heavy atom. The van der Waals surface area contributed by atoms with Crippen molar-refractivity contribution in [1.82, 2.24) is 14.9 Å². The topological polar surface area (TPSA) is 67.2 Å². The quantitative estimate of drug-likeness (QED) is 0.588. The lowest BCUT2D eigenvalue weighted by molar-refractivity contribution is -0.140. The van der Waals surface area contributed by atoms with E-state index in [1.165, 1.54) is 0 Å². The molecule has 1 aliphatic carbocycles. The monoisotopic (exact) mass is 361 g/mol. The summed E-state index contributed by atoms with van der Waals surface area (Å²) in [5.41, 5.74) is 1.82. The fourth-order valence-electron chi connectivity index (χ4n) is 3.18. The summed E-state index contributed by atoms with van der Waals surface area (Å²) in [5, 5.41) is 12.9. The predicted molar refractivity (Wildman–Crippen MR) is 105 cm³/mol. The zero-order valence-corrected chi connectivity index (χ0v) is 15.1. The number of hydrogen-bond donors (Lipinski definition) is 2. The van der Waals surface area contributed by atoms with E-state index in [1.807, 2.05) is 53.5 Å². The van der Waals surface area contributed by atoms with Crippen LogP contribution in [0.4, 0.5) is 0 Å². The maximum atomic E-state index is 11.7. The van der Waals surface area contributed by atoms with Gasteiger partial charge in [0, 0.05) is 30.4 Å². The van der Waals surface area contributed by atoms with Crippen LogP contribution in [0.2, 0.25) is 0 Å². The molecule has 0 bridgehead atoms. The predicted octanol–water partition coefficient (Wildman–Crippen LogP) is 2.85. The molecule has 0 saturated carbocycles. The van der Waals surface area contributed by atoms with E-state index in [4.69, 9.17) is 0 Å². The molecule has 1 heterocycles. The number of carboxylic acid groups (broad SMARTS) is 1. The first-order valence-electron chi connectivity index (χ1n) is 9.07. The van der Waals surface area contributed by atoms with Gasteiger partial charge in [0.1, 0.15) is 0 Å². The lowest BCUT2D eigenvalue weighted by Gasteiger charge is -2.24. The molecule has 0 saturated heterocycles. The second kappa shape index (κ2) is 9.56. The van der Waals surface area contributed by atoms with Crippen LogP contribution in [0, 0.1) is 17.8 Å². The Kier molecular flexibility index (Phi) is 6.61. The molecule has 2 N–H and O–H groups in total. The number of aromatic nitrogens is 2. The van der Waals surface area contributed by atoms with Crippen LogP contribution in [-0.2, 0) is 11.3 Å². The summed E-state index contributed by atoms with van der Waals surface area (Å²) in [6.07, 6.45) is 12.0. The SMILES string of the molecule is O=C(O)C1C=CC=C(C#CCNCCCn2ccnc2)C1c1ccccc1. The van der Waals surface area contributed by atoms with Crippen molar-refractivity contribution in [3.63, 3.8) is 0 Å². The Balaban J connectivity index is 1.57. The maximum Gasteiger partial charge on any atom is 0.311 e. The molecule has 1 aliphatic rings. The van der Waals surface area contributed by atoms with Crippen LogP contribution in [0.3, 0.4) is 0 Å². The maximum absolute atomic E-state index is 11.7. The normalized spacial score (nSPS) is 18.4. The van der Waals surface area contributed by atoms with Crippen LogP contribution < -0.4 is 5.32 Å². The average molecular weight is 361 g/mol. The molecule has 1 aromatic heterocycles. The molecule has 2 atom stereocenters. The number of benzene rings is 1. The minimum Gasteiger partial charge on any atom is -0.481 e. The lowest BCUT2D eigenvalue weighted by atomic mass is 9.77. The first-order chi connectivity index (χ1) is 13.3. The van der Waals surface area contributed by atoms with E-state index in [1.54, 1.807) is 18.3 Å². The van der Waals surface area contributed by atoms with Gasteiger partial charge >= 0.3 is 5.97 Å². The van der Waals surface area contributed by atoms with E-state index in [9.17, 15) is 9.90 Å². The number of rotatable bonds is 7. The van der Waals surface area contributed by atoms with Gasteiger partial charge in [-0.3, -0.25) is 4.79 Å². The third kappa shape index (κ3) is 5.19. The summed E-state index contributed by atoms with van der Waals surface area (Å²) in [5.74, 6) is 4.64. The number of nitrogens with one attached hydrogen (secondary N) is 1. The Bertz CT molecular complexity index is 858. The fraction of sp³-hybridized carbons (Fsp3) is 0.273. The molecule has 1 aromatic carbocycles. The molecule has 0 radical (unpaired) electrons. The Morgan fingerprint density at radius 1 is 1.30 bits per heavy atom. The van der Waals surface area contributed by atoms with Crippen molar-refractivity contribution in [2.24, 2.45) is 5.92 Å². The zero-order chi connectivity index (χ0) is 18.9. The van der Waals surface area contributed by atoms with Gasteiger partial charge in [-0.05, 0) is 18.5 Å². The Morgan fingerprint density at radius 3 is 2.89 bits per heavy atom. The number of nitrogens with zero attached hydrogens (tertiary/aromatic N) is 2. The van der Waals surface area contributed by atoms with Crippen LogP contribution in [0.1, 0.15) is 17.9 Å². The van der Waals surface area contributed by atoms with Crippen LogP contribution in [0.5, 0.6) is 0 Å². The summed E-state index contributed by atoms with van der Waals surface area (Å²) in [4.78, 5) is 15.7. The number of aliphatic carboxylic acids is 1. The van der Waals surface area contributed by atoms with Gasteiger partial charge < -0.3 is 15.0 Å². The lowest BCUT2D eigenvalue weighted by Crippen LogP contribution is -2.23. The first kappa shape index (κ1) is 18.7. The molecule has 2 aromatic rings. The second-order valence-electron chi connectivity index (χ2n) is 6.39. The smallest absolute Gasteiger partial charge is 0.311 e. The number of carbonyl (C=O) groups is 1. The second-order valence-corrected chi connectivity index (χ2v) is 6.39. The molecule has 138 valence electrons. The highest BCUT2D eigenvalue weighted by Gasteiger charge is 2.31. The largest absolute Gasteiger partial charge is 0.481 e. The van der Waals surface area contributed by atoms with Gasteiger partial charge in [-0.25, -0.2) is 4.98 Å². The highest BCUT2D eigenvalue weighted by atomic mass is 16.4. The standard InChI is InChI=1S/C22H23N3O2/c26-22(27)20-11-4-9-19(21(20)18-7-2-1-3-8-18)10-5-12-23-13-6-15-25-16-14-24-17-25/h1-4,7-9,11,14,16-17,20-21,23H,6,12-13,15H2,(H,26,27). The summed E-state index contributed by atoms with van der Waals surface area (Å²) in [6.45, 7) is 2.36. The summed E-state index contributed by atoms with van der Waals surface area (Å²) in [6, 6.07) is 9.72. The molecule has 5 heteroatoms. The first-order valence-corrected chi connectivity index (χ1v) is 9.07. The third-order valence-electron chi connectivity index (χ3n) is 4.51. The minimum absolute atomic E-state index is 0.248. The molecule has 2 unspecified atom stereocenters. The number of aryl methyl sites for hydroxylation is 1. The molecular weight excluding hydrogens is 338 g/mol. The van der Waals surface area contributed by atoms with Crippen molar-refractivity contribution >= 4 is 5.97 Å². The summed E-state index contributed by atoms with van der Waals surface area (Å²) in [7, 11) is 0. The van der Waals surface area contributed by atoms with Crippen LogP contribution in [0.15, 0.2) is 72.9 Å². The Labute approximate surface area is 159 Å². The number of allylic oxidation sites excluding steroid dienone is 3. The van der Waals surface area contributed by atoms with E-state index in [0.29, 0.717) is 6.54 Å². The summed E-state index contributed by atoms with van der Waals surface area (Å²) >= 11 is 0. The molecule has 0 fully saturated rings. The fourth-order valence-corrected chi connectivity index (χ4v) is 3.18. The van der Waals surface area contributed by atoms with Crippen molar-refractivity contribution in [2.45, 2.75) is 18.9 Å². The van der Waals surface area contributed by atoms with E-state index in [2.05, 4.69) is 22.1 Å². The van der Waals surface area contributed by atoms with Gasteiger partial charge in [-0.15, -0.1) is 0 Å². The van der Waals surface area contributed by atoms with Crippen LogP contribution >= 0.6 is 0 Å². The van der Waals surface area contributed by atoms with E-state index < -0.39 is 11.9 Å². The van der Waals surface area contributed by atoms with Gasteiger partial charge in [-0.2, -0.15) is 0 Å². The third-order valence-corrected chi connectivity index (χ3v) is 4.51. The van der Waals surface area contributed by atoms with E-state index in [0.717, 1.165) is 30.6 Å². The Hall–Kier alpha value is -3.10. The van der Waals surface area contributed by atoms with Crippen molar-refractivity contribution in [2.75, 3.05) is 13.1 Å². The molecule has 0 amide bonds. The molecule has 0 aliphatic heterocycles. The van der Waals surface area contributed by atoms with Gasteiger partial charge in [0.15, 0.2) is 0 Å². The van der Waals surface area contributed by atoms with Crippen LogP contribution in [-0.4, -0.2) is 33.7 Å². The van der Waals surface area contributed by atoms with Crippen molar-refractivity contribution in [1.29, 1.82) is 0 Å². The number of hydrogen-bond acceptors (Lipinski definition) is 3. The highest BCUT2D eigenvalue weighted by Crippen LogP contribution is 2.35. The molecule has 3 rings (SSSR count). The van der Waals surface area contributed by atoms with Gasteiger partial charge in [0.25, 0.3) is 0 Å². The highest BCUT2D eigenvalue weighted by molar-refractivity contribution is 5.76. The molecule has 27 heavy (non-hydrogen) atoms.